The number of thiophene rings is 1. The summed E-state index contributed by atoms with van der Waals surface area (Å²) in [5.41, 5.74) is 0.504. The first-order valence-electron chi connectivity index (χ1n) is 5.85. The molecule has 0 spiro atoms. The normalized spacial score (nSPS) is 11.8. The highest BCUT2D eigenvalue weighted by atomic mass is 32.2. The summed E-state index contributed by atoms with van der Waals surface area (Å²) in [6.45, 7) is 1.66. The van der Waals surface area contributed by atoms with Crippen molar-refractivity contribution in [2.75, 3.05) is 14.2 Å². The summed E-state index contributed by atoms with van der Waals surface area (Å²) in [5, 5.41) is 7.87. The molecule has 0 radical (unpaired) electrons. The number of nitrogens with zero attached hydrogens (tertiary/aromatic N) is 3. The van der Waals surface area contributed by atoms with Gasteiger partial charge in [-0.15, -0.1) is 11.3 Å². The number of carbonyl (C=O) groups excluding carboxylic acids is 1. The topological polar surface area (TPSA) is 105 Å². The van der Waals surface area contributed by atoms with Gasteiger partial charge < -0.3 is 4.74 Å². The minimum atomic E-state index is -3.83. The SMILES string of the molecule is COC(=O)c1scc(C)c1S(=O)(=O)N(C)Cc1ncn[nH]1. The first-order valence-corrected chi connectivity index (χ1v) is 8.17. The van der Waals surface area contributed by atoms with Crippen LogP contribution in [0.25, 0.3) is 0 Å². The van der Waals surface area contributed by atoms with E-state index in [1.165, 1.54) is 20.5 Å². The van der Waals surface area contributed by atoms with Crippen molar-refractivity contribution in [2.24, 2.45) is 0 Å². The Labute approximate surface area is 125 Å². The molecule has 0 amide bonds. The standard InChI is InChI=1S/C11H14N4O4S2/c1-7-5-20-9(11(16)19-3)10(7)21(17,18)15(2)4-8-12-6-13-14-8/h5-6H,4H2,1-3H3,(H,12,13,14). The fourth-order valence-electron chi connectivity index (χ4n) is 1.75. The van der Waals surface area contributed by atoms with Crippen molar-refractivity contribution in [1.29, 1.82) is 0 Å². The summed E-state index contributed by atoms with van der Waals surface area (Å²) in [6.07, 6.45) is 1.30. The zero-order valence-electron chi connectivity index (χ0n) is 11.7. The van der Waals surface area contributed by atoms with E-state index in [9.17, 15) is 13.2 Å². The monoisotopic (exact) mass is 330 g/mol. The molecule has 0 fully saturated rings. The van der Waals surface area contributed by atoms with Gasteiger partial charge in [-0.2, -0.15) is 9.40 Å². The lowest BCUT2D eigenvalue weighted by atomic mass is 10.3. The van der Waals surface area contributed by atoms with Crippen LogP contribution in [0.15, 0.2) is 16.6 Å². The third-order valence-corrected chi connectivity index (χ3v) is 5.99. The molecule has 2 aromatic rings. The van der Waals surface area contributed by atoms with Crippen molar-refractivity contribution in [3.63, 3.8) is 0 Å². The van der Waals surface area contributed by atoms with Gasteiger partial charge in [-0.05, 0) is 17.9 Å². The van der Waals surface area contributed by atoms with Crippen LogP contribution in [0.3, 0.4) is 0 Å². The highest BCUT2D eigenvalue weighted by Gasteiger charge is 2.31. The zero-order valence-corrected chi connectivity index (χ0v) is 13.3. The lowest BCUT2D eigenvalue weighted by molar-refractivity contribution is 0.0602. The molecule has 0 aliphatic heterocycles. The zero-order chi connectivity index (χ0) is 15.6. The van der Waals surface area contributed by atoms with Crippen molar-refractivity contribution in [1.82, 2.24) is 19.5 Å². The van der Waals surface area contributed by atoms with E-state index < -0.39 is 16.0 Å². The molecule has 2 rings (SSSR count). The Balaban J connectivity index is 2.39. The molecule has 2 aromatic heterocycles. The Morgan fingerprint density at radius 2 is 2.24 bits per heavy atom. The van der Waals surface area contributed by atoms with E-state index in [4.69, 9.17) is 0 Å². The quantitative estimate of drug-likeness (QED) is 0.812. The number of methoxy groups -OCH3 is 1. The van der Waals surface area contributed by atoms with Gasteiger partial charge in [-0.25, -0.2) is 18.2 Å². The smallest absolute Gasteiger partial charge is 0.349 e. The number of carbonyl (C=O) groups is 1. The summed E-state index contributed by atoms with van der Waals surface area (Å²) in [5.74, 6) is -0.256. The summed E-state index contributed by atoms with van der Waals surface area (Å²) in [7, 11) is -1.21. The number of ether oxygens (including phenoxy) is 1. The second kappa shape index (κ2) is 5.92. The van der Waals surface area contributed by atoms with Crippen LogP contribution in [-0.4, -0.2) is 48.0 Å². The number of hydrogen-bond acceptors (Lipinski definition) is 7. The molecular weight excluding hydrogens is 316 g/mol. The fourth-order valence-corrected chi connectivity index (χ4v) is 4.53. The van der Waals surface area contributed by atoms with Crippen LogP contribution in [0.5, 0.6) is 0 Å². The van der Waals surface area contributed by atoms with Crippen LogP contribution in [-0.2, 0) is 21.3 Å². The maximum Gasteiger partial charge on any atom is 0.349 e. The van der Waals surface area contributed by atoms with Crippen molar-refractivity contribution < 1.29 is 17.9 Å². The average molecular weight is 330 g/mol. The summed E-state index contributed by atoms with van der Waals surface area (Å²) in [4.78, 5) is 15.6. The number of aryl methyl sites for hydroxylation is 1. The van der Waals surface area contributed by atoms with Crippen molar-refractivity contribution in [2.45, 2.75) is 18.4 Å². The van der Waals surface area contributed by atoms with Crippen LogP contribution < -0.4 is 0 Å². The van der Waals surface area contributed by atoms with Gasteiger partial charge in [-0.1, -0.05) is 0 Å². The summed E-state index contributed by atoms with van der Waals surface area (Å²) in [6, 6.07) is 0. The van der Waals surface area contributed by atoms with Gasteiger partial charge in [-0.3, -0.25) is 5.10 Å². The van der Waals surface area contributed by atoms with Crippen LogP contribution in [0.2, 0.25) is 0 Å². The van der Waals surface area contributed by atoms with Crippen molar-refractivity contribution >= 4 is 27.3 Å². The molecular formula is C11H14N4O4S2. The van der Waals surface area contributed by atoms with Crippen molar-refractivity contribution in [3.05, 3.63) is 28.0 Å². The van der Waals surface area contributed by atoms with Crippen LogP contribution in [0.4, 0.5) is 0 Å². The third-order valence-electron chi connectivity index (χ3n) is 2.79. The highest BCUT2D eigenvalue weighted by molar-refractivity contribution is 7.89. The molecule has 0 saturated heterocycles. The van der Waals surface area contributed by atoms with Gasteiger partial charge >= 0.3 is 5.97 Å². The molecule has 0 atom stereocenters. The van der Waals surface area contributed by atoms with E-state index >= 15 is 0 Å². The fraction of sp³-hybridized carbons (Fsp3) is 0.364. The third kappa shape index (κ3) is 2.96. The van der Waals surface area contributed by atoms with Gasteiger partial charge in [0.25, 0.3) is 0 Å². The summed E-state index contributed by atoms with van der Waals surface area (Å²) >= 11 is 1.04. The van der Waals surface area contributed by atoms with Gasteiger partial charge in [0.15, 0.2) is 0 Å². The number of hydrogen-bond donors (Lipinski definition) is 1. The van der Waals surface area contributed by atoms with E-state index in [1.807, 2.05) is 0 Å². The van der Waals surface area contributed by atoms with E-state index in [0.29, 0.717) is 11.4 Å². The second-order valence-electron chi connectivity index (χ2n) is 4.26. The van der Waals surface area contributed by atoms with Gasteiger partial charge in [0.05, 0.1) is 13.7 Å². The van der Waals surface area contributed by atoms with Gasteiger partial charge in [0.2, 0.25) is 10.0 Å². The first kappa shape index (κ1) is 15.6. The molecule has 0 unspecified atom stereocenters. The Bertz CT molecular complexity index is 736. The van der Waals surface area contributed by atoms with Crippen molar-refractivity contribution in [3.8, 4) is 0 Å². The number of sulfonamides is 1. The Hall–Kier alpha value is -1.78. The molecule has 8 nitrogen and oxygen atoms in total. The predicted octanol–water partition coefficient (Wildman–Crippen LogP) is 0.782. The largest absolute Gasteiger partial charge is 0.465 e. The first-order chi connectivity index (χ1) is 9.87. The molecule has 10 heteroatoms. The van der Waals surface area contributed by atoms with E-state index in [2.05, 4.69) is 19.9 Å². The highest BCUT2D eigenvalue weighted by Crippen LogP contribution is 2.30. The summed E-state index contributed by atoms with van der Waals surface area (Å²) < 4.78 is 31.0. The number of esters is 1. The Kier molecular flexibility index (Phi) is 4.40. The Morgan fingerprint density at radius 1 is 1.52 bits per heavy atom. The van der Waals surface area contributed by atoms with E-state index in [1.54, 1.807) is 12.3 Å². The number of rotatable bonds is 5. The number of aromatic nitrogens is 3. The lowest BCUT2D eigenvalue weighted by Crippen LogP contribution is -2.28. The molecule has 0 aliphatic carbocycles. The molecule has 0 saturated carbocycles. The number of nitrogens with one attached hydrogen (secondary N) is 1. The second-order valence-corrected chi connectivity index (χ2v) is 7.12. The van der Waals surface area contributed by atoms with Crippen LogP contribution in [0.1, 0.15) is 21.1 Å². The maximum atomic E-state index is 12.6. The molecule has 1 N–H and O–H groups in total. The maximum absolute atomic E-state index is 12.6. The lowest BCUT2D eigenvalue weighted by Gasteiger charge is -2.16. The minimum Gasteiger partial charge on any atom is -0.465 e. The minimum absolute atomic E-state index is 0.0260. The van der Waals surface area contributed by atoms with Crippen LogP contribution in [0, 0.1) is 6.92 Å². The molecule has 0 aromatic carbocycles. The molecule has 21 heavy (non-hydrogen) atoms. The average Bonchev–Trinajstić information content (AvgIpc) is 3.07. The Morgan fingerprint density at radius 3 is 2.81 bits per heavy atom. The number of aromatic amines is 1. The predicted molar refractivity (Wildman–Crippen MR) is 75.4 cm³/mol. The molecule has 2 heterocycles. The molecule has 0 aliphatic rings. The van der Waals surface area contributed by atoms with E-state index in [-0.39, 0.29) is 16.3 Å². The number of H-pyrrole nitrogens is 1. The van der Waals surface area contributed by atoms with Crippen LogP contribution >= 0.6 is 11.3 Å². The van der Waals surface area contributed by atoms with Gasteiger partial charge in [0.1, 0.15) is 21.9 Å². The van der Waals surface area contributed by atoms with E-state index in [0.717, 1.165) is 15.6 Å². The molecule has 114 valence electrons. The van der Waals surface area contributed by atoms with Gasteiger partial charge in [0, 0.05) is 7.05 Å². The molecule has 0 bridgehead atoms.